The van der Waals surface area contributed by atoms with Gasteiger partial charge < -0.3 is 4.74 Å². The van der Waals surface area contributed by atoms with E-state index in [1.807, 2.05) is 6.07 Å². The molecule has 0 amide bonds. The lowest BCUT2D eigenvalue weighted by atomic mass is 10.2. The summed E-state index contributed by atoms with van der Waals surface area (Å²) in [7, 11) is -3.87. The van der Waals surface area contributed by atoms with Crippen molar-refractivity contribution in [1.82, 2.24) is 4.72 Å². The van der Waals surface area contributed by atoms with Gasteiger partial charge in [0.15, 0.2) is 0 Å². The van der Waals surface area contributed by atoms with E-state index in [2.05, 4.69) is 4.72 Å². The number of rotatable bonds is 5. The van der Waals surface area contributed by atoms with Crippen LogP contribution in [0.4, 0.5) is 0 Å². The molecule has 22 heavy (non-hydrogen) atoms. The molecule has 0 radical (unpaired) electrons. The lowest BCUT2D eigenvalue weighted by Crippen LogP contribution is -2.32. The second-order valence-corrected chi connectivity index (χ2v) is 6.64. The average molecular weight is 340 g/mol. The van der Waals surface area contributed by atoms with Gasteiger partial charge in [0, 0.05) is 0 Å². The zero-order valence-electron chi connectivity index (χ0n) is 11.7. The molecule has 0 fully saturated rings. The molecule has 0 aliphatic rings. The summed E-state index contributed by atoms with van der Waals surface area (Å²) in [5, 5.41) is 0.0854. The lowest BCUT2D eigenvalue weighted by Gasteiger charge is -2.09. The van der Waals surface area contributed by atoms with E-state index in [-0.39, 0.29) is 9.92 Å². The minimum absolute atomic E-state index is 0.0830. The number of carbonyl (C=O) groups excluding carboxylic acids is 1. The Hall–Kier alpha value is -1.89. The first-order valence-corrected chi connectivity index (χ1v) is 8.27. The fraction of sp³-hybridized carbons (Fsp3) is 0.133. The van der Waals surface area contributed by atoms with Crippen LogP contribution in [0.25, 0.3) is 0 Å². The van der Waals surface area contributed by atoms with Crippen molar-refractivity contribution < 1.29 is 17.9 Å². The Morgan fingerprint density at radius 1 is 1.14 bits per heavy atom. The lowest BCUT2D eigenvalue weighted by molar-refractivity contribution is -0.133. The largest absolute Gasteiger partial charge is 0.425 e. The first-order valence-electron chi connectivity index (χ1n) is 6.40. The molecule has 0 aromatic heterocycles. The summed E-state index contributed by atoms with van der Waals surface area (Å²) in [5.74, 6) is -0.311. The standard InChI is InChI=1S/C15H14ClNO4S/c1-11-6-2-4-8-13(11)21-15(18)10-17-22(19,20)14-9-5-3-7-12(14)16/h2-9,17H,10H2,1H3. The third-order valence-electron chi connectivity index (χ3n) is 2.85. The van der Waals surface area contributed by atoms with Gasteiger partial charge in [-0.25, -0.2) is 8.42 Å². The van der Waals surface area contributed by atoms with E-state index >= 15 is 0 Å². The molecule has 2 aromatic carbocycles. The number of nitrogens with one attached hydrogen (secondary N) is 1. The van der Waals surface area contributed by atoms with Crippen LogP contribution in [0, 0.1) is 6.92 Å². The van der Waals surface area contributed by atoms with Crippen LogP contribution in [0.1, 0.15) is 5.56 Å². The molecule has 7 heteroatoms. The van der Waals surface area contributed by atoms with Crippen LogP contribution < -0.4 is 9.46 Å². The van der Waals surface area contributed by atoms with Gasteiger partial charge in [-0.1, -0.05) is 41.9 Å². The van der Waals surface area contributed by atoms with Crippen LogP contribution in [-0.4, -0.2) is 20.9 Å². The van der Waals surface area contributed by atoms with Gasteiger partial charge in [0.25, 0.3) is 0 Å². The van der Waals surface area contributed by atoms with Crippen LogP contribution in [0.15, 0.2) is 53.4 Å². The normalized spacial score (nSPS) is 11.2. The number of sulfonamides is 1. The molecule has 0 saturated carbocycles. The fourth-order valence-corrected chi connectivity index (χ4v) is 3.21. The average Bonchev–Trinajstić information content (AvgIpc) is 2.48. The summed E-state index contributed by atoms with van der Waals surface area (Å²) < 4.78 is 31.4. The van der Waals surface area contributed by atoms with Crippen molar-refractivity contribution in [2.75, 3.05) is 6.54 Å². The summed E-state index contributed by atoms with van der Waals surface area (Å²) >= 11 is 5.84. The van der Waals surface area contributed by atoms with Crippen LogP contribution in [-0.2, 0) is 14.8 Å². The second kappa shape index (κ2) is 6.91. The maximum absolute atomic E-state index is 12.1. The summed E-state index contributed by atoms with van der Waals surface area (Å²) in [4.78, 5) is 11.7. The summed E-state index contributed by atoms with van der Waals surface area (Å²) in [6.07, 6.45) is 0. The Morgan fingerprint density at radius 3 is 2.45 bits per heavy atom. The highest BCUT2D eigenvalue weighted by molar-refractivity contribution is 7.89. The Morgan fingerprint density at radius 2 is 1.77 bits per heavy atom. The molecule has 5 nitrogen and oxygen atoms in total. The van der Waals surface area contributed by atoms with E-state index in [1.54, 1.807) is 37.3 Å². The zero-order chi connectivity index (χ0) is 16.2. The first kappa shape index (κ1) is 16.5. The predicted octanol–water partition coefficient (Wildman–Crippen LogP) is 2.53. The summed E-state index contributed by atoms with van der Waals surface area (Å²) in [5.41, 5.74) is 0.782. The smallest absolute Gasteiger partial charge is 0.326 e. The molecular weight excluding hydrogens is 326 g/mol. The SMILES string of the molecule is Cc1ccccc1OC(=O)CNS(=O)(=O)c1ccccc1Cl. The van der Waals surface area contributed by atoms with Crippen LogP contribution in [0.5, 0.6) is 5.75 Å². The third kappa shape index (κ3) is 4.07. The molecule has 0 bridgehead atoms. The van der Waals surface area contributed by atoms with Crippen molar-refractivity contribution >= 4 is 27.6 Å². The van der Waals surface area contributed by atoms with Crippen molar-refractivity contribution in [1.29, 1.82) is 0 Å². The van der Waals surface area contributed by atoms with Gasteiger partial charge >= 0.3 is 5.97 Å². The number of halogens is 1. The molecule has 0 saturated heterocycles. The highest BCUT2D eigenvalue weighted by Crippen LogP contribution is 2.20. The van der Waals surface area contributed by atoms with E-state index in [4.69, 9.17) is 16.3 Å². The first-order chi connectivity index (χ1) is 10.4. The monoisotopic (exact) mass is 339 g/mol. The molecule has 1 N–H and O–H groups in total. The van der Waals surface area contributed by atoms with Gasteiger partial charge in [-0.15, -0.1) is 0 Å². The van der Waals surface area contributed by atoms with E-state index in [0.29, 0.717) is 5.75 Å². The number of hydrogen-bond acceptors (Lipinski definition) is 4. The topological polar surface area (TPSA) is 72.5 Å². The number of aryl methyl sites for hydroxylation is 1. The Labute approximate surface area is 133 Å². The highest BCUT2D eigenvalue weighted by atomic mass is 35.5. The minimum atomic E-state index is -3.87. The maximum atomic E-state index is 12.1. The Kier molecular flexibility index (Phi) is 5.18. The number of hydrogen-bond donors (Lipinski definition) is 1. The molecule has 0 unspecified atom stereocenters. The predicted molar refractivity (Wildman–Crippen MR) is 83.5 cm³/mol. The van der Waals surface area contributed by atoms with Crippen molar-refractivity contribution in [3.63, 3.8) is 0 Å². The number of esters is 1. The van der Waals surface area contributed by atoms with Crippen LogP contribution in [0.2, 0.25) is 5.02 Å². The Balaban J connectivity index is 2.02. The minimum Gasteiger partial charge on any atom is -0.425 e. The molecule has 116 valence electrons. The fourth-order valence-electron chi connectivity index (χ4n) is 1.72. The van der Waals surface area contributed by atoms with Crippen LogP contribution >= 0.6 is 11.6 Å². The van der Waals surface area contributed by atoms with Gasteiger partial charge in [-0.2, -0.15) is 4.72 Å². The van der Waals surface area contributed by atoms with Crippen molar-refractivity contribution in [2.45, 2.75) is 11.8 Å². The van der Waals surface area contributed by atoms with Crippen molar-refractivity contribution in [2.24, 2.45) is 0 Å². The second-order valence-electron chi connectivity index (χ2n) is 4.49. The number of carbonyl (C=O) groups is 1. The maximum Gasteiger partial charge on any atom is 0.326 e. The molecule has 0 spiro atoms. The molecule has 0 atom stereocenters. The van der Waals surface area contributed by atoms with E-state index in [9.17, 15) is 13.2 Å². The highest BCUT2D eigenvalue weighted by Gasteiger charge is 2.19. The van der Waals surface area contributed by atoms with Gasteiger partial charge in [0.2, 0.25) is 10.0 Å². The molecule has 0 heterocycles. The van der Waals surface area contributed by atoms with Crippen molar-refractivity contribution in [3.8, 4) is 5.75 Å². The van der Waals surface area contributed by atoms with Gasteiger partial charge in [-0.3, -0.25) is 4.79 Å². The summed E-state index contributed by atoms with van der Waals surface area (Å²) in [6, 6.07) is 12.9. The van der Waals surface area contributed by atoms with Crippen molar-refractivity contribution in [3.05, 3.63) is 59.1 Å². The number of para-hydroxylation sites is 1. The van der Waals surface area contributed by atoms with E-state index < -0.39 is 22.5 Å². The van der Waals surface area contributed by atoms with E-state index in [1.165, 1.54) is 12.1 Å². The molecule has 0 aliphatic carbocycles. The van der Waals surface area contributed by atoms with Gasteiger partial charge in [-0.05, 0) is 30.7 Å². The van der Waals surface area contributed by atoms with E-state index in [0.717, 1.165) is 5.56 Å². The molecule has 2 aromatic rings. The quantitative estimate of drug-likeness (QED) is 0.671. The Bertz CT molecular complexity index is 790. The van der Waals surface area contributed by atoms with Crippen LogP contribution in [0.3, 0.4) is 0 Å². The number of ether oxygens (including phenoxy) is 1. The van der Waals surface area contributed by atoms with Gasteiger partial charge in [0.05, 0.1) is 5.02 Å². The zero-order valence-corrected chi connectivity index (χ0v) is 13.3. The molecular formula is C15H14ClNO4S. The number of benzene rings is 2. The van der Waals surface area contributed by atoms with Gasteiger partial charge in [0.1, 0.15) is 17.2 Å². The third-order valence-corrected chi connectivity index (χ3v) is 4.75. The molecule has 2 rings (SSSR count). The molecule has 0 aliphatic heterocycles. The summed E-state index contributed by atoms with van der Waals surface area (Å²) in [6.45, 7) is 1.30.